The molecule has 0 saturated heterocycles. The quantitative estimate of drug-likeness (QED) is 0.314. The number of halogens is 3. The smallest absolute Gasteiger partial charge is 0.461 e. The summed E-state index contributed by atoms with van der Waals surface area (Å²) in [5, 5.41) is 15.1. The van der Waals surface area contributed by atoms with Crippen LogP contribution in [0.3, 0.4) is 0 Å². The van der Waals surface area contributed by atoms with Crippen LogP contribution >= 0.6 is 11.3 Å². The number of anilines is 2. The summed E-state index contributed by atoms with van der Waals surface area (Å²) in [7, 11) is -5.72. The monoisotopic (exact) mass is 548 g/mol. The first-order valence-corrected chi connectivity index (χ1v) is 13.7. The lowest BCUT2D eigenvalue weighted by molar-refractivity contribution is -0.0429. The van der Waals surface area contributed by atoms with Crippen molar-refractivity contribution in [1.29, 1.82) is 0 Å². The zero-order valence-electron chi connectivity index (χ0n) is 20.2. The second-order valence-corrected chi connectivity index (χ2v) is 10.8. The van der Waals surface area contributed by atoms with Crippen molar-refractivity contribution in [2.45, 2.75) is 71.0 Å². The molecule has 0 aliphatic carbocycles. The van der Waals surface area contributed by atoms with Gasteiger partial charge in [-0.25, -0.2) is 4.79 Å². The topological polar surface area (TPSA) is 126 Å². The van der Waals surface area contributed by atoms with Crippen LogP contribution in [0.25, 0.3) is 0 Å². The molecule has 0 bridgehead atoms. The highest BCUT2D eigenvalue weighted by Gasteiger charge is 2.46. The Labute approximate surface area is 211 Å². The van der Waals surface area contributed by atoms with Gasteiger partial charge in [-0.1, -0.05) is 25.2 Å². The molecule has 10 nitrogen and oxygen atoms in total. The number of hydrogen-bond acceptors (Lipinski definition) is 10. The maximum Gasteiger partial charge on any atom is 0.516 e. The van der Waals surface area contributed by atoms with E-state index < -0.39 is 21.5 Å². The van der Waals surface area contributed by atoms with Crippen LogP contribution in [0.4, 0.5) is 35.4 Å². The van der Waals surface area contributed by atoms with E-state index in [4.69, 9.17) is 4.74 Å². The van der Waals surface area contributed by atoms with Gasteiger partial charge in [0.05, 0.1) is 12.3 Å². The highest BCUT2D eigenvalue weighted by molar-refractivity contribution is 7.93. The molecule has 1 aliphatic heterocycles. The Morgan fingerprint density at radius 1 is 1.25 bits per heavy atom. The molecule has 0 fully saturated rings. The molecule has 36 heavy (non-hydrogen) atoms. The first kappa shape index (κ1) is 27.8. The first-order valence-electron chi connectivity index (χ1n) is 11.4. The highest BCUT2D eigenvalue weighted by Crippen LogP contribution is 2.42. The summed E-state index contributed by atoms with van der Waals surface area (Å²) >= 11 is 0.779. The molecule has 15 heteroatoms. The number of fused-ring (bicyclic) bond motifs is 1. The molecule has 1 aromatic heterocycles. The van der Waals surface area contributed by atoms with Gasteiger partial charge >= 0.3 is 21.5 Å². The van der Waals surface area contributed by atoms with Crippen molar-refractivity contribution in [2.24, 2.45) is 10.2 Å². The van der Waals surface area contributed by atoms with Gasteiger partial charge in [-0.3, -0.25) is 4.72 Å². The summed E-state index contributed by atoms with van der Waals surface area (Å²) in [6, 6.07) is 3.15. The molecule has 0 saturated carbocycles. The second-order valence-electron chi connectivity index (χ2n) is 8.12. The number of aryl methyl sites for hydroxylation is 1. The number of rotatable bonds is 9. The molecule has 0 amide bonds. The van der Waals surface area contributed by atoms with Crippen LogP contribution in [0.5, 0.6) is 0 Å². The Morgan fingerprint density at radius 3 is 2.56 bits per heavy atom. The van der Waals surface area contributed by atoms with Crippen molar-refractivity contribution in [3.05, 3.63) is 22.7 Å². The van der Waals surface area contributed by atoms with Gasteiger partial charge in [0.25, 0.3) is 5.13 Å². The van der Waals surface area contributed by atoms with Gasteiger partial charge in [0.2, 0.25) is 5.01 Å². The fourth-order valence-electron chi connectivity index (χ4n) is 4.04. The molecular weight excluding hydrogens is 521 g/mol. The Hall–Kier alpha value is -2.81. The maximum atomic E-state index is 13.2. The highest BCUT2D eigenvalue weighted by atomic mass is 32.2. The summed E-state index contributed by atoms with van der Waals surface area (Å²) in [4.78, 5) is 13.9. The van der Waals surface area contributed by atoms with Crippen molar-refractivity contribution < 1.29 is 31.1 Å². The van der Waals surface area contributed by atoms with E-state index in [0.717, 1.165) is 36.2 Å². The van der Waals surface area contributed by atoms with E-state index in [0.29, 0.717) is 12.1 Å². The minimum Gasteiger partial charge on any atom is -0.461 e. The minimum atomic E-state index is -5.72. The lowest BCUT2D eigenvalue weighted by Crippen LogP contribution is -2.44. The maximum absolute atomic E-state index is 13.2. The van der Waals surface area contributed by atoms with E-state index in [1.54, 1.807) is 11.6 Å². The van der Waals surface area contributed by atoms with Crippen molar-refractivity contribution >= 4 is 49.5 Å². The summed E-state index contributed by atoms with van der Waals surface area (Å²) in [5.41, 5.74) is -4.54. The number of sulfonamides is 1. The number of benzene rings is 1. The van der Waals surface area contributed by atoms with Crippen molar-refractivity contribution in [1.82, 2.24) is 10.2 Å². The Balaban J connectivity index is 2.08. The predicted molar refractivity (Wildman–Crippen MR) is 130 cm³/mol. The SMILES string of the molecule is CCOC(=O)c1nnc(N=Nc2cc3c(cc2NS(=O)(=O)C(F)(F)F)N(C(CC)CC)C(C)CC3)s1. The van der Waals surface area contributed by atoms with Gasteiger partial charge in [-0.2, -0.15) is 21.6 Å². The van der Waals surface area contributed by atoms with Crippen LogP contribution in [0.15, 0.2) is 22.4 Å². The summed E-state index contributed by atoms with van der Waals surface area (Å²) in [6.07, 6.45) is 3.07. The van der Waals surface area contributed by atoms with E-state index in [1.165, 1.54) is 12.1 Å². The third kappa shape index (κ3) is 5.94. The number of carbonyl (C=O) groups is 1. The summed E-state index contributed by atoms with van der Waals surface area (Å²) in [6.45, 7) is 7.85. The lowest BCUT2D eigenvalue weighted by Gasteiger charge is -2.42. The summed E-state index contributed by atoms with van der Waals surface area (Å²) in [5.74, 6) is -0.695. The van der Waals surface area contributed by atoms with E-state index in [-0.39, 0.29) is 40.2 Å². The molecule has 2 aromatic rings. The molecule has 2 heterocycles. The predicted octanol–water partition coefficient (Wildman–Crippen LogP) is 5.72. The number of nitrogens with zero attached hydrogens (tertiary/aromatic N) is 5. The molecule has 1 N–H and O–H groups in total. The second kappa shape index (κ2) is 11.1. The molecule has 0 radical (unpaired) electrons. The Kier molecular flexibility index (Phi) is 8.54. The number of azo groups is 1. The third-order valence-electron chi connectivity index (χ3n) is 5.77. The molecule has 198 valence electrons. The lowest BCUT2D eigenvalue weighted by atomic mass is 9.92. The van der Waals surface area contributed by atoms with Gasteiger partial charge in [0, 0.05) is 17.8 Å². The standard InChI is InChI=1S/C21H27F3N6O4S2/c1-5-14(6-2)30-12(4)8-9-13-10-15(16(11-17(13)30)29-36(32,33)21(22,23)24)25-27-20-28-26-18(35-20)19(31)34-7-3/h10-12,14,29H,5-9H2,1-4H3. The number of ether oxygens (including phenoxy) is 1. The van der Waals surface area contributed by atoms with E-state index in [1.807, 2.05) is 20.8 Å². The fraction of sp³-hybridized carbons (Fsp3) is 0.571. The number of alkyl halides is 3. The number of hydrogen-bond donors (Lipinski definition) is 1. The number of nitrogens with one attached hydrogen (secondary N) is 1. The largest absolute Gasteiger partial charge is 0.516 e. The van der Waals surface area contributed by atoms with Crippen molar-refractivity contribution in [2.75, 3.05) is 16.2 Å². The van der Waals surface area contributed by atoms with Gasteiger partial charge in [0.1, 0.15) is 5.69 Å². The van der Waals surface area contributed by atoms with Gasteiger partial charge in [-0.05, 0) is 57.2 Å². The zero-order valence-corrected chi connectivity index (χ0v) is 21.8. The molecule has 0 spiro atoms. The van der Waals surface area contributed by atoms with Crippen LogP contribution in [0.1, 0.15) is 62.3 Å². The number of esters is 1. The number of aromatic nitrogens is 2. The van der Waals surface area contributed by atoms with Crippen LogP contribution in [-0.2, 0) is 21.2 Å². The van der Waals surface area contributed by atoms with Crippen molar-refractivity contribution in [3.63, 3.8) is 0 Å². The van der Waals surface area contributed by atoms with E-state index in [2.05, 4.69) is 25.3 Å². The Morgan fingerprint density at radius 2 is 1.94 bits per heavy atom. The average molecular weight is 549 g/mol. The van der Waals surface area contributed by atoms with Crippen LogP contribution in [-0.4, -0.2) is 48.8 Å². The van der Waals surface area contributed by atoms with Gasteiger partial charge < -0.3 is 9.64 Å². The molecule has 1 unspecified atom stereocenters. The molecule has 1 aromatic carbocycles. The van der Waals surface area contributed by atoms with Gasteiger partial charge in [0.15, 0.2) is 0 Å². The zero-order chi connectivity index (χ0) is 26.7. The summed E-state index contributed by atoms with van der Waals surface area (Å²) < 4.78 is 69.9. The minimum absolute atomic E-state index is 0.0484. The molecule has 3 rings (SSSR count). The fourth-order valence-corrected chi connectivity index (χ4v) is 5.16. The van der Waals surface area contributed by atoms with E-state index >= 15 is 0 Å². The van der Waals surface area contributed by atoms with Crippen LogP contribution in [0.2, 0.25) is 0 Å². The molecular formula is C21H27F3N6O4S2. The average Bonchev–Trinajstić information content (AvgIpc) is 3.28. The van der Waals surface area contributed by atoms with Crippen molar-refractivity contribution in [3.8, 4) is 0 Å². The first-order chi connectivity index (χ1) is 16.9. The Bertz CT molecular complexity index is 1230. The molecule has 1 aliphatic rings. The number of carbonyl (C=O) groups excluding carboxylic acids is 1. The molecule has 1 atom stereocenters. The van der Waals surface area contributed by atoms with Gasteiger partial charge in [-0.15, -0.1) is 20.4 Å². The third-order valence-corrected chi connectivity index (χ3v) is 7.66. The van der Waals surface area contributed by atoms with E-state index in [9.17, 15) is 26.4 Å². The normalized spacial score (nSPS) is 16.4. The van der Waals surface area contributed by atoms with Crippen LogP contribution < -0.4 is 9.62 Å². The van der Waals surface area contributed by atoms with Crippen LogP contribution in [0, 0.1) is 0 Å².